The number of nitrogens with two attached hydrogens (primary N) is 1. The molecule has 1 atom stereocenters. The van der Waals surface area contributed by atoms with Gasteiger partial charge in [0.15, 0.2) is 5.82 Å². The first-order valence-corrected chi connectivity index (χ1v) is 10.8. The molecule has 2 aromatic carbocycles. The van der Waals surface area contributed by atoms with Gasteiger partial charge in [0.25, 0.3) is 0 Å². The molecule has 0 saturated carbocycles. The number of rotatable bonds is 8. The van der Waals surface area contributed by atoms with Crippen molar-refractivity contribution in [1.29, 1.82) is 0 Å². The molecular formula is C22H24Cl2N6O2. The normalized spacial score (nSPS) is 11.9. The minimum absolute atomic E-state index is 0.0325. The number of nitrogens with one attached hydrogen (secondary N) is 3. The minimum atomic E-state index is -0.594. The first kappa shape index (κ1) is 23.6. The predicted octanol–water partition coefficient (Wildman–Crippen LogP) is 3.86. The van der Waals surface area contributed by atoms with Crippen molar-refractivity contribution in [2.75, 3.05) is 5.32 Å². The lowest BCUT2D eigenvalue weighted by Gasteiger charge is -2.21. The highest BCUT2D eigenvalue weighted by Crippen LogP contribution is 2.23. The van der Waals surface area contributed by atoms with E-state index in [9.17, 15) is 9.59 Å². The number of nitrogens with zero attached hydrogens (tertiary/aromatic N) is 2. The monoisotopic (exact) mass is 474 g/mol. The predicted molar refractivity (Wildman–Crippen MR) is 127 cm³/mol. The van der Waals surface area contributed by atoms with Crippen molar-refractivity contribution in [3.8, 4) is 0 Å². The van der Waals surface area contributed by atoms with E-state index in [0.29, 0.717) is 27.2 Å². The van der Waals surface area contributed by atoms with Crippen molar-refractivity contribution >= 4 is 51.9 Å². The zero-order valence-corrected chi connectivity index (χ0v) is 19.2. The molecule has 1 aromatic heterocycles. The molecule has 0 aliphatic carbocycles. The molecule has 0 fully saturated rings. The standard InChI is InChI=1S/C22H24Cl2N6O2/c1-12(2)19(20(25)31)30-21-14-5-3-4-6-17(14)28-18(29-21)11-27-22(32)26-10-13-7-8-15(23)16(24)9-13/h3-9,12,19H,10-11H2,1-2H3,(H2,25,31)(H2,26,27,32)(H,28,29,30)/t19-/m0/s1. The van der Waals surface area contributed by atoms with E-state index in [0.717, 1.165) is 10.9 Å². The number of amides is 3. The van der Waals surface area contributed by atoms with Gasteiger partial charge in [-0.15, -0.1) is 0 Å². The summed E-state index contributed by atoms with van der Waals surface area (Å²) in [5.74, 6) is 0.378. The molecule has 0 aliphatic heterocycles. The lowest BCUT2D eigenvalue weighted by atomic mass is 10.0. The van der Waals surface area contributed by atoms with Crippen LogP contribution in [0.3, 0.4) is 0 Å². The fourth-order valence-corrected chi connectivity index (χ4v) is 3.40. The van der Waals surface area contributed by atoms with Crippen LogP contribution in [0.15, 0.2) is 42.5 Å². The van der Waals surface area contributed by atoms with Gasteiger partial charge in [-0.1, -0.05) is 55.2 Å². The van der Waals surface area contributed by atoms with Crippen LogP contribution in [0.5, 0.6) is 0 Å². The van der Waals surface area contributed by atoms with Gasteiger partial charge in [0.2, 0.25) is 5.91 Å². The molecule has 1 heterocycles. The van der Waals surface area contributed by atoms with Crippen molar-refractivity contribution in [3.63, 3.8) is 0 Å². The van der Waals surface area contributed by atoms with E-state index in [1.54, 1.807) is 18.2 Å². The zero-order valence-electron chi connectivity index (χ0n) is 17.7. The lowest BCUT2D eigenvalue weighted by Crippen LogP contribution is -2.40. The second-order valence-electron chi connectivity index (χ2n) is 7.56. The highest BCUT2D eigenvalue weighted by molar-refractivity contribution is 6.42. The van der Waals surface area contributed by atoms with Gasteiger partial charge in [0, 0.05) is 11.9 Å². The van der Waals surface area contributed by atoms with Gasteiger partial charge in [0.1, 0.15) is 11.9 Å². The number of carbonyl (C=O) groups is 2. The van der Waals surface area contributed by atoms with Gasteiger partial charge in [0.05, 0.1) is 22.1 Å². The molecule has 0 saturated heterocycles. The molecule has 0 spiro atoms. The van der Waals surface area contributed by atoms with Gasteiger partial charge in [-0.3, -0.25) is 4.79 Å². The van der Waals surface area contributed by atoms with Crippen LogP contribution in [-0.2, 0) is 17.9 Å². The molecule has 5 N–H and O–H groups in total. The third kappa shape index (κ3) is 5.99. The number of para-hydroxylation sites is 1. The van der Waals surface area contributed by atoms with Gasteiger partial charge < -0.3 is 21.7 Å². The van der Waals surface area contributed by atoms with Gasteiger partial charge in [-0.25, -0.2) is 14.8 Å². The third-order valence-electron chi connectivity index (χ3n) is 4.76. The SMILES string of the molecule is CC(C)[C@H](Nc1nc(CNC(=O)NCc2ccc(Cl)c(Cl)c2)nc2ccccc12)C(N)=O. The Hall–Kier alpha value is -3.10. The van der Waals surface area contributed by atoms with Crippen molar-refractivity contribution < 1.29 is 9.59 Å². The number of primary amides is 1. The zero-order chi connectivity index (χ0) is 23.3. The van der Waals surface area contributed by atoms with Crippen LogP contribution in [0.25, 0.3) is 10.9 Å². The number of urea groups is 1. The Labute approximate surface area is 195 Å². The summed E-state index contributed by atoms with van der Waals surface area (Å²) < 4.78 is 0. The summed E-state index contributed by atoms with van der Waals surface area (Å²) >= 11 is 11.9. The summed E-state index contributed by atoms with van der Waals surface area (Å²) in [6, 6.07) is 11.6. The summed E-state index contributed by atoms with van der Waals surface area (Å²) in [5.41, 5.74) is 7.04. The van der Waals surface area contributed by atoms with Crippen molar-refractivity contribution in [2.45, 2.75) is 33.0 Å². The van der Waals surface area contributed by atoms with Crippen LogP contribution in [-0.4, -0.2) is 27.9 Å². The first-order valence-electron chi connectivity index (χ1n) is 10.0. The Balaban J connectivity index is 1.70. The topological polar surface area (TPSA) is 122 Å². The maximum absolute atomic E-state index is 12.2. The molecule has 168 valence electrons. The molecule has 0 aliphatic rings. The Morgan fingerprint density at radius 3 is 2.41 bits per heavy atom. The first-order chi connectivity index (χ1) is 15.2. The van der Waals surface area contributed by atoms with Crippen LogP contribution in [0.2, 0.25) is 10.0 Å². The van der Waals surface area contributed by atoms with E-state index in [4.69, 9.17) is 28.9 Å². The second-order valence-corrected chi connectivity index (χ2v) is 8.37. The number of hydrogen-bond donors (Lipinski definition) is 4. The van der Waals surface area contributed by atoms with E-state index < -0.39 is 11.9 Å². The number of halogens is 2. The smallest absolute Gasteiger partial charge is 0.315 e. The molecule has 3 rings (SSSR count). The van der Waals surface area contributed by atoms with E-state index in [-0.39, 0.29) is 25.0 Å². The summed E-state index contributed by atoms with van der Waals surface area (Å²) in [4.78, 5) is 33.1. The fraction of sp³-hybridized carbons (Fsp3) is 0.273. The average Bonchev–Trinajstić information content (AvgIpc) is 2.76. The van der Waals surface area contributed by atoms with Crippen molar-refractivity contribution in [3.05, 3.63) is 63.9 Å². The molecular weight excluding hydrogens is 451 g/mol. The summed E-state index contributed by atoms with van der Waals surface area (Å²) in [7, 11) is 0. The van der Waals surface area contributed by atoms with Gasteiger partial charge in [-0.2, -0.15) is 0 Å². The summed E-state index contributed by atoms with van der Waals surface area (Å²) in [6.07, 6.45) is 0. The number of anilines is 1. The third-order valence-corrected chi connectivity index (χ3v) is 5.50. The van der Waals surface area contributed by atoms with Crippen LogP contribution in [0, 0.1) is 5.92 Å². The number of carbonyl (C=O) groups excluding carboxylic acids is 2. The molecule has 3 aromatic rings. The van der Waals surface area contributed by atoms with Crippen LogP contribution < -0.4 is 21.7 Å². The van der Waals surface area contributed by atoms with Gasteiger partial charge >= 0.3 is 6.03 Å². The van der Waals surface area contributed by atoms with Crippen molar-refractivity contribution in [1.82, 2.24) is 20.6 Å². The maximum atomic E-state index is 12.2. The van der Waals surface area contributed by atoms with Crippen molar-refractivity contribution in [2.24, 2.45) is 11.7 Å². The average molecular weight is 475 g/mol. The van der Waals surface area contributed by atoms with E-state index in [2.05, 4.69) is 25.9 Å². The Morgan fingerprint density at radius 2 is 1.72 bits per heavy atom. The molecule has 10 heteroatoms. The van der Waals surface area contributed by atoms with Crippen LogP contribution >= 0.6 is 23.2 Å². The largest absolute Gasteiger partial charge is 0.368 e. The van der Waals surface area contributed by atoms with E-state index >= 15 is 0 Å². The molecule has 0 unspecified atom stereocenters. The Kier molecular flexibility index (Phi) is 7.71. The highest BCUT2D eigenvalue weighted by atomic mass is 35.5. The maximum Gasteiger partial charge on any atom is 0.315 e. The fourth-order valence-electron chi connectivity index (χ4n) is 3.08. The van der Waals surface area contributed by atoms with Gasteiger partial charge in [-0.05, 0) is 35.7 Å². The van der Waals surface area contributed by atoms with E-state index in [1.165, 1.54) is 0 Å². The number of benzene rings is 2. The summed E-state index contributed by atoms with van der Waals surface area (Å²) in [6.45, 7) is 4.16. The van der Waals surface area contributed by atoms with Crippen LogP contribution in [0.1, 0.15) is 25.2 Å². The highest BCUT2D eigenvalue weighted by Gasteiger charge is 2.21. The second kappa shape index (κ2) is 10.5. The quantitative estimate of drug-likeness (QED) is 0.394. The lowest BCUT2D eigenvalue weighted by molar-refractivity contribution is -0.119. The minimum Gasteiger partial charge on any atom is -0.368 e. The number of fused-ring (bicyclic) bond motifs is 1. The molecule has 0 radical (unpaired) electrons. The van der Waals surface area contributed by atoms with E-state index in [1.807, 2.05) is 38.1 Å². The van der Waals surface area contributed by atoms with Crippen LogP contribution in [0.4, 0.5) is 10.6 Å². The number of aromatic nitrogens is 2. The summed E-state index contributed by atoms with van der Waals surface area (Å²) in [5, 5.41) is 10.2. The molecule has 0 bridgehead atoms. The Bertz CT molecular complexity index is 1140. The number of hydrogen-bond acceptors (Lipinski definition) is 5. The molecule has 8 nitrogen and oxygen atoms in total. The molecule has 32 heavy (non-hydrogen) atoms. The molecule has 3 amide bonds. The Morgan fingerprint density at radius 1 is 1.00 bits per heavy atom.